The molecule has 1 aromatic carbocycles. The zero-order valence-corrected chi connectivity index (χ0v) is 20.8. The third-order valence-corrected chi connectivity index (χ3v) is 7.93. The predicted octanol–water partition coefficient (Wildman–Crippen LogP) is 2.58. The van der Waals surface area contributed by atoms with Crippen molar-refractivity contribution in [2.75, 3.05) is 19.8 Å². The molecule has 5 rings (SSSR count). The number of hydrogen-bond acceptors (Lipinski definition) is 5. The maximum atomic E-state index is 14.1. The van der Waals surface area contributed by atoms with Gasteiger partial charge in [-0.2, -0.15) is 0 Å². The van der Waals surface area contributed by atoms with E-state index in [1.807, 2.05) is 11.8 Å². The Kier molecular flexibility index (Phi) is 6.72. The summed E-state index contributed by atoms with van der Waals surface area (Å²) >= 11 is 0. The quantitative estimate of drug-likeness (QED) is 0.542. The molecule has 0 bridgehead atoms. The highest BCUT2D eigenvalue weighted by molar-refractivity contribution is 5.93. The Labute approximate surface area is 209 Å². The minimum Gasteiger partial charge on any atom is -0.380 e. The van der Waals surface area contributed by atoms with Gasteiger partial charge in [0.25, 0.3) is 0 Å². The van der Waals surface area contributed by atoms with Crippen LogP contribution in [0, 0.1) is 17.2 Å². The van der Waals surface area contributed by atoms with Crippen molar-refractivity contribution >= 4 is 28.8 Å². The van der Waals surface area contributed by atoms with Gasteiger partial charge in [0.15, 0.2) is 5.82 Å². The van der Waals surface area contributed by atoms with Crippen LogP contribution in [0.25, 0.3) is 11.0 Å². The van der Waals surface area contributed by atoms with Gasteiger partial charge >= 0.3 is 0 Å². The van der Waals surface area contributed by atoms with E-state index in [0.29, 0.717) is 31.1 Å². The minimum atomic E-state index is -1.00. The normalized spacial score (nSPS) is 23.0. The first kappa shape index (κ1) is 24.7. The van der Waals surface area contributed by atoms with Gasteiger partial charge in [-0.25, -0.2) is 9.37 Å². The van der Waals surface area contributed by atoms with Crippen LogP contribution in [-0.4, -0.2) is 64.4 Å². The largest absolute Gasteiger partial charge is 0.380 e. The summed E-state index contributed by atoms with van der Waals surface area (Å²) in [6.45, 7) is 5.77. The number of nitrogens with zero attached hydrogens (tertiary/aromatic N) is 2. The van der Waals surface area contributed by atoms with Gasteiger partial charge in [-0.15, -0.1) is 0 Å². The van der Waals surface area contributed by atoms with E-state index in [4.69, 9.17) is 4.74 Å². The van der Waals surface area contributed by atoms with Gasteiger partial charge < -0.3 is 25.3 Å². The van der Waals surface area contributed by atoms with Gasteiger partial charge in [0.2, 0.25) is 17.7 Å². The summed E-state index contributed by atoms with van der Waals surface area (Å²) in [5.41, 5.74) is 0.847. The molecule has 1 aliphatic carbocycles. The summed E-state index contributed by atoms with van der Waals surface area (Å²) in [5.74, 6) is -1.03. The molecule has 10 heteroatoms. The number of aromatic nitrogens is 2. The second-order valence-corrected chi connectivity index (χ2v) is 10.8. The van der Waals surface area contributed by atoms with Crippen LogP contribution in [0.4, 0.5) is 4.39 Å². The average molecular weight is 500 g/mol. The van der Waals surface area contributed by atoms with Crippen LogP contribution in [0.3, 0.4) is 0 Å². The molecule has 1 saturated carbocycles. The molecule has 36 heavy (non-hydrogen) atoms. The maximum Gasteiger partial charge on any atom is 0.243 e. The fourth-order valence-electron chi connectivity index (χ4n) is 5.66. The number of para-hydroxylation sites is 1. The molecule has 1 spiro atoms. The Morgan fingerprint density at radius 1 is 1.25 bits per heavy atom. The predicted molar refractivity (Wildman–Crippen MR) is 130 cm³/mol. The molecule has 2 aromatic rings. The number of imidazole rings is 1. The van der Waals surface area contributed by atoms with Crippen LogP contribution in [0.1, 0.15) is 64.2 Å². The van der Waals surface area contributed by atoms with Gasteiger partial charge in [0, 0.05) is 23.9 Å². The summed E-state index contributed by atoms with van der Waals surface area (Å²) in [4.78, 5) is 48.6. The highest BCUT2D eigenvalue weighted by Gasteiger charge is 2.52. The number of halogens is 1. The average Bonchev–Trinajstić information content (AvgIpc) is 3.23. The van der Waals surface area contributed by atoms with Crippen molar-refractivity contribution in [2.24, 2.45) is 11.3 Å². The molecule has 0 radical (unpaired) electrons. The van der Waals surface area contributed by atoms with Gasteiger partial charge in [-0.3, -0.25) is 14.4 Å². The Bertz CT molecular complexity index is 1150. The number of nitrogens with one attached hydrogen (secondary N) is 3. The standard InChI is InChI=1S/C26H34FN5O4/c1-15-6-3-4-9-32(15)21(33)10-20(30-24(34)17-11-26(12-17)13-36-14-26)25(35)28-16(2)23-29-19-8-5-7-18(27)22(19)31-23/h5,7-8,15-17,20H,3-4,6,9-14H2,1-2H3,(H,28,35)(H,29,31)(H,30,34)/t15-,16?,20?/m0/s1. The number of ether oxygens (including phenoxy) is 1. The number of fused-ring (bicyclic) bond motifs is 1. The van der Waals surface area contributed by atoms with Crippen molar-refractivity contribution in [3.63, 3.8) is 0 Å². The van der Waals surface area contributed by atoms with Crippen LogP contribution < -0.4 is 10.6 Å². The van der Waals surface area contributed by atoms with Crippen LogP contribution in [0.5, 0.6) is 0 Å². The molecule has 3 aliphatic rings. The van der Waals surface area contributed by atoms with Crippen LogP contribution in [0.2, 0.25) is 0 Å². The SMILES string of the molecule is CC(NC(=O)C(CC(=O)N1CCCC[C@@H]1C)NC(=O)C1CC2(COC2)C1)c1nc2c(F)cccc2[nH]1. The number of amides is 3. The molecule has 3 heterocycles. The van der Waals surface area contributed by atoms with E-state index >= 15 is 0 Å². The van der Waals surface area contributed by atoms with Gasteiger partial charge in [0.05, 0.1) is 31.2 Å². The highest BCUT2D eigenvalue weighted by Crippen LogP contribution is 2.50. The van der Waals surface area contributed by atoms with Crippen LogP contribution in [0.15, 0.2) is 18.2 Å². The number of aromatic amines is 1. The highest BCUT2D eigenvalue weighted by atomic mass is 19.1. The second kappa shape index (κ2) is 9.80. The first-order chi connectivity index (χ1) is 17.2. The fourth-order valence-corrected chi connectivity index (χ4v) is 5.66. The molecule has 3 N–H and O–H groups in total. The Balaban J connectivity index is 1.27. The van der Waals surface area contributed by atoms with Gasteiger partial charge in [-0.05, 0) is 58.1 Å². The number of piperidine rings is 1. The first-order valence-electron chi connectivity index (χ1n) is 12.9. The van der Waals surface area contributed by atoms with E-state index in [2.05, 4.69) is 20.6 Å². The third-order valence-electron chi connectivity index (χ3n) is 7.93. The summed E-state index contributed by atoms with van der Waals surface area (Å²) in [5, 5.41) is 5.71. The Morgan fingerprint density at radius 2 is 2.03 bits per heavy atom. The monoisotopic (exact) mass is 499 g/mol. The molecule has 3 amide bonds. The maximum absolute atomic E-state index is 14.1. The number of carbonyl (C=O) groups is 3. The van der Waals surface area contributed by atoms with E-state index in [1.54, 1.807) is 19.1 Å². The van der Waals surface area contributed by atoms with E-state index < -0.39 is 23.8 Å². The molecule has 3 atom stereocenters. The number of likely N-dealkylation sites (tertiary alicyclic amines) is 1. The Morgan fingerprint density at radius 3 is 2.69 bits per heavy atom. The van der Waals surface area contributed by atoms with Crippen molar-refractivity contribution in [2.45, 2.75) is 70.5 Å². The van der Waals surface area contributed by atoms with Crippen molar-refractivity contribution in [3.8, 4) is 0 Å². The van der Waals surface area contributed by atoms with Crippen LogP contribution >= 0.6 is 0 Å². The number of rotatable bonds is 7. The van der Waals surface area contributed by atoms with Crippen molar-refractivity contribution < 1.29 is 23.5 Å². The molecule has 1 aromatic heterocycles. The molecule has 9 nitrogen and oxygen atoms in total. The van der Waals surface area contributed by atoms with E-state index in [-0.39, 0.29) is 41.1 Å². The molecular formula is C26H34FN5O4. The molecule has 194 valence electrons. The lowest BCUT2D eigenvalue weighted by Crippen LogP contribution is -2.58. The molecule has 3 fully saturated rings. The summed E-state index contributed by atoms with van der Waals surface area (Å²) in [6.07, 6.45) is 4.32. The Hall–Kier alpha value is -3.01. The topological polar surface area (TPSA) is 116 Å². The fraction of sp³-hybridized carbons (Fsp3) is 0.615. The van der Waals surface area contributed by atoms with Crippen molar-refractivity contribution in [3.05, 3.63) is 29.8 Å². The summed E-state index contributed by atoms with van der Waals surface area (Å²) in [7, 11) is 0. The lowest BCUT2D eigenvalue weighted by molar-refractivity contribution is -0.184. The number of benzene rings is 1. The van der Waals surface area contributed by atoms with Gasteiger partial charge in [0.1, 0.15) is 17.4 Å². The summed E-state index contributed by atoms with van der Waals surface area (Å²) in [6, 6.07) is 3.16. The lowest BCUT2D eigenvalue weighted by atomic mass is 9.60. The number of carbonyl (C=O) groups excluding carboxylic acids is 3. The molecule has 2 unspecified atom stereocenters. The molecule has 2 saturated heterocycles. The minimum absolute atomic E-state index is 0.107. The number of H-pyrrole nitrogens is 1. The zero-order valence-electron chi connectivity index (χ0n) is 20.8. The zero-order chi connectivity index (χ0) is 25.4. The second-order valence-electron chi connectivity index (χ2n) is 10.8. The smallest absolute Gasteiger partial charge is 0.243 e. The first-order valence-corrected chi connectivity index (χ1v) is 12.9. The van der Waals surface area contributed by atoms with Crippen LogP contribution in [-0.2, 0) is 19.1 Å². The third kappa shape index (κ3) is 4.83. The lowest BCUT2D eigenvalue weighted by Gasteiger charge is -2.52. The summed E-state index contributed by atoms with van der Waals surface area (Å²) < 4.78 is 19.4. The van der Waals surface area contributed by atoms with E-state index in [9.17, 15) is 18.8 Å². The van der Waals surface area contributed by atoms with Crippen molar-refractivity contribution in [1.29, 1.82) is 0 Å². The number of hydrogen-bond donors (Lipinski definition) is 3. The van der Waals surface area contributed by atoms with E-state index in [0.717, 1.165) is 32.1 Å². The van der Waals surface area contributed by atoms with E-state index in [1.165, 1.54) is 6.07 Å². The van der Waals surface area contributed by atoms with Gasteiger partial charge in [-0.1, -0.05) is 6.07 Å². The molecule has 2 aliphatic heterocycles. The molecular weight excluding hydrogens is 465 g/mol. The van der Waals surface area contributed by atoms with Crippen molar-refractivity contribution in [1.82, 2.24) is 25.5 Å².